The van der Waals surface area contributed by atoms with Crippen LogP contribution in [0.4, 0.5) is 0 Å². The third-order valence-electron chi connectivity index (χ3n) is 10.9. The van der Waals surface area contributed by atoms with Gasteiger partial charge in [0, 0.05) is 4.47 Å². The summed E-state index contributed by atoms with van der Waals surface area (Å²) in [4.78, 5) is 0. The van der Waals surface area contributed by atoms with Gasteiger partial charge in [0.1, 0.15) is 0 Å². The van der Waals surface area contributed by atoms with E-state index in [0.29, 0.717) is 0 Å². The van der Waals surface area contributed by atoms with Crippen molar-refractivity contribution < 1.29 is 27.9 Å². The average molecular weight is 691 g/mol. The Bertz CT molecular complexity index is 1430. The number of fused-ring (bicyclic) bond motifs is 2. The molecule has 2 aromatic rings. The van der Waals surface area contributed by atoms with Crippen LogP contribution < -0.4 is 5.46 Å². The van der Waals surface area contributed by atoms with Crippen LogP contribution in [0.5, 0.6) is 0 Å². The molecule has 5 aliphatic rings. The quantitative estimate of drug-likeness (QED) is 0.300. The van der Waals surface area contributed by atoms with Gasteiger partial charge < -0.3 is 27.9 Å². The summed E-state index contributed by atoms with van der Waals surface area (Å²) >= 11 is 3.51. The maximum absolute atomic E-state index is 6.13. The molecule has 0 N–H and O–H groups in total. The highest BCUT2D eigenvalue weighted by Crippen LogP contribution is 2.43. The average Bonchev–Trinajstić information content (AvgIpc) is 3.72. The van der Waals surface area contributed by atoms with Crippen molar-refractivity contribution in [2.24, 2.45) is 0 Å². The minimum atomic E-state index is -0.476. The molecule has 2 aliphatic carbocycles. The van der Waals surface area contributed by atoms with Crippen molar-refractivity contribution in [3.8, 4) is 0 Å². The molecule has 10 heteroatoms. The van der Waals surface area contributed by atoms with Crippen LogP contribution in [0.15, 0.2) is 53.0 Å². The first kappa shape index (κ1) is 35.7. The highest BCUT2D eigenvalue weighted by molar-refractivity contribution is 9.10. The van der Waals surface area contributed by atoms with Gasteiger partial charge in [0.2, 0.25) is 0 Å². The predicted octanol–water partition coefficient (Wildman–Crippen LogP) is 7.82. The minimum absolute atomic E-state index is 0.246. The number of halogens is 1. The SMILES string of the molecule is Brc1cccc2c1CC=C2.CC1(C)OB(B2OC(C)(C)C(C)(C)O2)OC1(C)C.CC1(C)OB(c2cccc3c2CC=C3)OC1(C)C. The second-order valence-electron chi connectivity index (χ2n) is 15.8. The first-order valence-electron chi connectivity index (χ1n) is 16.5. The Morgan fingerprint density at radius 3 is 1.30 bits per heavy atom. The van der Waals surface area contributed by atoms with Crippen LogP contribution in [0.25, 0.3) is 12.2 Å². The monoisotopic (exact) mass is 690 g/mol. The summed E-state index contributed by atoms with van der Waals surface area (Å²) < 4.78 is 37.3. The molecule has 0 saturated carbocycles. The second-order valence-corrected chi connectivity index (χ2v) is 16.6. The zero-order valence-electron chi connectivity index (χ0n) is 29.7. The normalized spacial score (nSPS) is 24.7. The zero-order chi connectivity index (χ0) is 33.9. The molecule has 3 aliphatic heterocycles. The molecule has 0 radical (unpaired) electrons. The van der Waals surface area contributed by atoms with Gasteiger partial charge in [-0.1, -0.05) is 70.6 Å². The van der Waals surface area contributed by atoms with Crippen molar-refractivity contribution in [3.05, 3.63) is 75.3 Å². The van der Waals surface area contributed by atoms with Gasteiger partial charge in [-0.2, -0.15) is 0 Å². The lowest BCUT2D eigenvalue weighted by atomic mass is 9.49. The van der Waals surface area contributed by atoms with Crippen molar-refractivity contribution in [1.29, 1.82) is 0 Å². The molecule has 0 spiro atoms. The van der Waals surface area contributed by atoms with Crippen LogP contribution in [0.3, 0.4) is 0 Å². The Labute approximate surface area is 286 Å². The largest absolute Gasteiger partial charge is 0.495 e. The summed E-state index contributed by atoms with van der Waals surface area (Å²) in [5.74, 6) is 0. The highest BCUT2D eigenvalue weighted by atomic mass is 79.9. The van der Waals surface area contributed by atoms with E-state index in [4.69, 9.17) is 27.9 Å². The summed E-state index contributed by atoms with van der Waals surface area (Å²) in [6.45, 7) is 24.6. The number of hydrogen-bond acceptors (Lipinski definition) is 6. The topological polar surface area (TPSA) is 55.4 Å². The number of hydrogen-bond donors (Lipinski definition) is 0. The molecule has 6 nitrogen and oxygen atoms in total. The summed E-state index contributed by atoms with van der Waals surface area (Å²) in [6.07, 6.45) is 10.8. The number of rotatable bonds is 2. The van der Waals surface area contributed by atoms with Crippen LogP contribution in [-0.2, 0) is 40.8 Å². The van der Waals surface area contributed by atoms with Gasteiger partial charge in [0.15, 0.2) is 0 Å². The van der Waals surface area contributed by atoms with Crippen LogP contribution >= 0.6 is 15.9 Å². The lowest BCUT2D eigenvalue weighted by Crippen LogP contribution is -2.41. The first-order valence-corrected chi connectivity index (χ1v) is 17.2. The zero-order valence-corrected chi connectivity index (χ0v) is 31.3. The van der Waals surface area contributed by atoms with E-state index in [1.54, 1.807) is 0 Å². The maximum Gasteiger partial charge on any atom is 0.495 e. The molecule has 2 aromatic carbocycles. The fourth-order valence-corrected chi connectivity index (χ4v) is 6.30. The number of allylic oxidation sites excluding steroid dienone is 2. The first-order chi connectivity index (χ1) is 21.2. The summed E-state index contributed by atoms with van der Waals surface area (Å²) in [5, 5.41) is 0. The van der Waals surface area contributed by atoms with E-state index in [1.807, 2.05) is 55.4 Å². The molecule has 246 valence electrons. The van der Waals surface area contributed by atoms with Gasteiger partial charge in [-0.25, -0.2) is 0 Å². The van der Waals surface area contributed by atoms with E-state index in [9.17, 15) is 0 Å². The van der Waals surface area contributed by atoms with E-state index >= 15 is 0 Å². The van der Waals surface area contributed by atoms with Crippen LogP contribution in [0.1, 0.15) is 105 Å². The third kappa shape index (κ3) is 6.78. The molecule has 0 unspecified atom stereocenters. The molecular formula is C36H50B3BrO6. The Kier molecular flexibility index (Phi) is 9.57. The third-order valence-corrected chi connectivity index (χ3v) is 11.7. The van der Waals surface area contributed by atoms with E-state index in [2.05, 4.69) is 104 Å². The summed E-state index contributed by atoms with van der Waals surface area (Å²) in [6, 6.07) is 12.6. The van der Waals surface area contributed by atoms with Gasteiger partial charge in [-0.3, -0.25) is 0 Å². The smallest absolute Gasteiger partial charge is 0.405 e. The molecule has 0 bridgehead atoms. The summed E-state index contributed by atoms with van der Waals surface area (Å²) in [5.41, 5.74) is 4.61. The molecule has 3 heterocycles. The van der Waals surface area contributed by atoms with Gasteiger partial charge in [0.05, 0.1) is 33.6 Å². The van der Waals surface area contributed by atoms with Gasteiger partial charge in [0.25, 0.3) is 0 Å². The van der Waals surface area contributed by atoms with Gasteiger partial charge >= 0.3 is 21.1 Å². The van der Waals surface area contributed by atoms with Crippen LogP contribution in [-0.4, -0.2) is 54.7 Å². The van der Waals surface area contributed by atoms with Crippen molar-refractivity contribution in [1.82, 2.24) is 0 Å². The Morgan fingerprint density at radius 1 is 0.500 bits per heavy atom. The van der Waals surface area contributed by atoms with Crippen molar-refractivity contribution in [2.75, 3.05) is 0 Å². The maximum atomic E-state index is 6.13. The van der Waals surface area contributed by atoms with Gasteiger partial charge in [-0.05, 0) is 130 Å². The van der Waals surface area contributed by atoms with E-state index in [1.165, 1.54) is 32.2 Å². The standard InChI is InChI=1S/C15H19BO2.C12H24B2O4.C9H7Br/c1-14(2)15(3,4)18-16(17-14)13-10-6-8-11-7-5-9-12(11)13;1-9(2)10(3,4)16-13(15-9)14-17-11(5,6)12(7,8)18-14;10-9-6-2-4-7-3-1-5-8(7)9/h5-8,10H,9H2,1-4H3;1-8H3;1-4,6H,5H2. The Morgan fingerprint density at radius 2 is 0.870 bits per heavy atom. The minimum Gasteiger partial charge on any atom is -0.405 e. The predicted molar refractivity (Wildman–Crippen MR) is 194 cm³/mol. The van der Waals surface area contributed by atoms with Gasteiger partial charge in [-0.15, -0.1) is 0 Å². The van der Waals surface area contributed by atoms with E-state index in [-0.39, 0.29) is 40.7 Å². The molecule has 7 rings (SSSR count). The van der Waals surface area contributed by atoms with Crippen molar-refractivity contribution in [2.45, 2.75) is 130 Å². The molecule has 0 amide bonds. The van der Waals surface area contributed by atoms with Crippen LogP contribution in [0, 0.1) is 0 Å². The summed E-state index contributed by atoms with van der Waals surface area (Å²) in [7, 11) is -1.20. The Balaban J connectivity index is 0.000000142. The molecule has 46 heavy (non-hydrogen) atoms. The van der Waals surface area contributed by atoms with Crippen molar-refractivity contribution in [3.63, 3.8) is 0 Å². The fraction of sp³-hybridized carbons (Fsp3) is 0.556. The lowest BCUT2D eigenvalue weighted by Gasteiger charge is -2.32. The lowest BCUT2D eigenvalue weighted by molar-refractivity contribution is 0.00578. The fourth-order valence-electron chi connectivity index (χ4n) is 5.76. The molecule has 3 fully saturated rings. The van der Waals surface area contributed by atoms with E-state index in [0.717, 1.165) is 12.8 Å². The molecule has 0 aromatic heterocycles. The second kappa shape index (κ2) is 12.4. The molecule has 3 saturated heterocycles. The van der Waals surface area contributed by atoms with E-state index < -0.39 is 14.0 Å². The number of benzene rings is 2. The highest BCUT2D eigenvalue weighted by Gasteiger charge is 2.63. The molecule has 0 atom stereocenters. The van der Waals surface area contributed by atoms with Crippen LogP contribution in [0.2, 0.25) is 0 Å². The molecular weight excluding hydrogens is 641 g/mol. The van der Waals surface area contributed by atoms with Crippen molar-refractivity contribution >= 4 is 54.7 Å². The Hall–Kier alpha value is -1.65.